The van der Waals surface area contributed by atoms with Crippen LogP contribution in [-0.2, 0) is 6.54 Å². The summed E-state index contributed by atoms with van der Waals surface area (Å²) < 4.78 is 11.3. The lowest BCUT2D eigenvalue weighted by atomic mass is 10.1. The second-order valence-electron chi connectivity index (χ2n) is 4.59. The lowest BCUT2D eigenvalue weighted by Crippen LogP contribution is -2.52. The molecule has 4 nitrogen and oxygen atoms in total. The Morgan fingerprint density at radius 1 is 1.44 bits per heavy atom. The molecule has 1 N–H and O–H groups in total. The minimum absolute atomic E-state index is 0. The van der Waals surface area contributed by atoms with Gasteiger partial charge in [-0.1, -0.05) is 12.1 Å². The van der Waals surface area contributed by atoms with Gasteiger partial charge in [-0.2, -0.15) is 0 Å². The number of fused-ring (bicyclic) bond motifs is 2. The van der Waals surface area contributed by atoms with Crippen LogP contribution in [0.3, 0.4) is 0 Å². The Hall–Kier alpha value is -0.970. The molecule has 1 aromatic rings. The third kappa shape index (κ3) is 2.41. The van der Waals surface area contributed by atoms with Gasteiger partial charge in [0, 0.05) is 31.7 Å². The van der Waals surface area contributed by atoms with Crippen molar-refractivity contribution < 1.29 is 9.47 Å². The van der Waals surface area contributed by atoms with E-state index in [1.807, 2.05) is 12.1 Å². The first-order valence-corrected chi connectivity index (χ1v) is 6.12. The zero-order valence-electron chi connectivity index (χ0n) is 10.5. The molecule has 0 amide bonds. The molecule has 1 saturated heterocycles. The molecule has 0 spiro atoms. The molecule has 18 heavy (non-hydrogen) atoms. The van der Waals surface area contributed by atoms with Crippen LogP contribution < -0.4 is 14.8 Å². The van der Waals surface area contributed by atoms with E-state index in [2.05, 4.69) is 16.3 Å². The lowest BCUT2D eigenvalue weighted by Gasteiger charge is -2.33. The Bertz CT molecular complexity index is 414. The van der Waals surface area contributed by atoms with E-state index in [4.69, 9.17) is 9.47 Å². The van der Waals surface area contributed by atoms with Gasteiger partial charge in [0.2, 0.25) is 0 Å². The highest BCUT2D eigenvalue weighted by Crippen LogP contribution is 2.34. The number of hydrogen-bond donors (Lipinski definition) is 1. The summed E-state index contributed by atoms with van der Waals surface area (Å²) in [4.78, 5) is 2.49. The fraction of sp³-hybridized carbons (Fsp3) is 0.538. The van der Waals surface area contributed by atoms with Crippen LogP contribution in [0.5, 0.6) is 11.5 Å². The van der Waals surface area contributed by atoms with E-state index in [9.17, 15) is 0 Å². The summed E-state index contributed by atoms with van der Waals surface area (Å²) in [7, 11) is 1.69. The van der Waals surface area contributed by atoms with Gasteiger partial charge in [-0.3, -0.25) is 4.90 Å². The highest BCUT2D eigenvalue weighted by molar-refractivity contribution is 5.85. The Morgan fingerprint density at radius 3 is 3.17 bits per heavy atom. The van der Waals surface area contributed by atoms with E-state index in [0.717, 1.165) is 44.3 Å². The second-order valence-corrected chi connectivity index (χ2v) is 4.59. The van der Waals surface area contributed by atoms with Crippen LogP contribution in [0, 0.1) is 0 Å². The van der Waals surface area contributed by atoms with Crippen LogP contribution >= 0.6 is 12.4 Å². The summed E-state index contributed by atoms with van der Waals surface area (Å²) in [5.41, 5.74) is 1.23. The number of rotatable bonds is 1. The molecule has 3 rings (SSSR count). The van der Waals surface area contributed by atoms with Crippen molar-refractivity contribution in [2.24, 2.45) is 0 Å². The highest BCUT2D eigenvalue weighted by atomic mass is 35.5. The predicted molar refractivity (Wildman–Crippen MR) is 72.8 cm³/mol. The highest BCUT2D eigenvalue weighted by Gasteiger charge is 2.28. The normalized spacial score (nSPS) is 22.8. The van der Waals surface area contributed by atoms with Crippen LogP contribution in [0.4, 0.5) is 0 Å². The molecule has 5 heteroatoms. The maximum atomic E-state index is 5.93. The first-order chi connectivity index (χ1) is 8.38. The number of nitrogens with one attached hydrogen (secondary N) is 1. The van der Waals surface area contributed by atoms with Crippen LogP contribution in [-0.4, -0.2) is 44.3 Å². The topological polar surface area (TPSA) is 33.7 Å². The maximum Gasteiger partial charge on any atom is 0.165 e. The number of ether oxygens (including phenoxy) is 2. The Morgan fingerprint density at radius 2 is 2.33 bits per heavy atom. The first kappa shape index (κ1) is 13.5. The van der Waals surface area contributed by atoms with Crippen molar-refractivity contribution in [3.05, 3.63) is 23.8 Å². The Labute approximate surface area is 114 Å². The largest absolute Gasteiger partial charge is 0.493 e. The van der Waals surface area contributed by atoms with Gasteiger partial charge in [-0.15, -0.1) is 12.4 Å². The number of halogens is 1. The predicted octanol–water partition coefficient (Wildman–Crippen LogP) is 1.28. The van der Waals surface area contributed by atoms with Gasteiger partial charge in [-0.25, -0.2) is 0 Å². The van der Waals surface area contributed by atoms with Crippen molar-refractivity contribution in [1.82, 2.24) is 10.2 Å². The molecule has 1 fully saturated rings. The van der Waals surface area contributed by atoms with Crippen molar-refractivity contribution in [2.75, 3.05) is 33.4 Å². The molecule has 0 aromatic heterocycles. The van der Waals surface area contributed by atoms with Crippen LogP contribution in [0.1, 0.15) is 5.56 Å². The van der Waals surface area contributed by atoms with Gasteiger partial charge in [0.25, 0.3) is 0 Å². The van der Waals surface area contributed by atoms with Crippen LogP contribution in [0.25, 0.3) is 0 Å². The molecule has 2 aliphatic rings. The summed E-state index contributed by atoms with van der Waals surface area (Å²) in [5, 5.41) is 3.41. The Kier molecular flexibility index (Phi) is 4.32. The van der Waals surface area contributed by atoms with Gasteiger partial charge in [0.1, 0.15) is 6.61 Å². The van der Waals surface area contributed by atoms with Gasteiger partial charge in [-0.05, 0) is 6.07 Å². The average Bonchev–Trinajstić information content (AvgIpc) is 2.57. The van der Waals surface area contributed by atoms with E-state index in [1.54, 1.807) is 7.11 Å². The van der Waals surface area contributed by atoms with E-state index < -0.39 is 0 Å². The molecule has 0 bridgehead atoms. The quantitative estimate of drug-likeness (QED) is 0.834. The second kappa shape index (κ2) is 5.78. The molecule has 0 saturated carbocycles. The van der Waals surface area contributed by atoms with Crippen LogP contribution in [0.15, 0.2) is 18.2 Å². The van der Waals surface area contributed by atoms with Gasteiger partial charge in [0.05, 0.1) is 13.2 Å². The zero-order chi connectivity index (χ0) is 11.7. The number of nitrogens with zero attached hydrogens (tertiary/aromatic N) is 1. The molecule has 1 aromatic carbocycles. The number of hydrogen-bond acceptors (Lipinski definition) is 4. The minimum Gasteiger partial charge on any atom is -0.493 e. The standard InChI is InChI=1S/C13H18N2O2.ClH/c1-16-12-4-2-3-10-8-15-6-5-14-7-11(15)9-17-13(10)12;/h2-4,11,14H,5-9H2,1H3;1H. The number of para-hydroxylation sites is 1. The average molecular weight is 271 g/mol. The number of benzene rings is 1. The lowest BCUT2D eigenvalue weighted by molar-refractivity contribution is 0.119. The fourth-order valence-electron chi connectivity index (χ4n) is 2.58. The monoisotopic (exact) mass is 270 g/mol. The van der Waals surface area contributed by atoms with Gasteiger partial charge >= 0.3 is 0 Å². The maximum absolute atomic E-state index is 5.93. The van der Waals surface area contributed by atoms with Crippen molar-refractivity contribution in [3.63, 3.8) is 0 Å². The SMILES string of the molecule is COc1cccc2c1OCC1CNCCN1C2.Cl. The molecule has 1 atom stereocenters. The van der Waals surface area contributed by atoms with E-state index >= 15 is 0 Å². The Balaban J connectivity index is 0.00000120. The number of methoxy groups -OCH3 is 1. The summed E-state index contributed by atoms with van der Waals surface area (Å²) in [5.74, 6) is 1.76. The van der Waals surface area contributed by atoms with Crippen molar-refractivity contribution >= 4 is 12.4 Å². The van der Waals surface area contributed by atoms with Crippen molar-refractivity contribution in [1.29, 1.82) is 0 Å². The smallest absolute Gasteiger partial charge is 0.165 e. The third-order valence-electron chi connectivity index (χ3n) is 3.55. The van der Waals surface area contributed by atoms with Crippen molar-refractivity contribution in [2.45, 2.75) is 12.6 Å². The first-order valence-electron chi connectivity index (χ1n) is 6.12. The molecule has 2 heterocycles. The van der Waals surface area contributed by atoms with Crippen molar-refractivity contribution in [3.8, 4) is 11.5 Å². The summed E-state index contributed by atoms with van der Waals surface area (Å²) >= 11 is 0. The molecule has 2 aliphatic heterocycles. The van der Waals surface area contributed by atoms with E-state index in [-0.39, 0.29) is 12.4 Å². The molecule has 0 radical (unpaired) electrons. The number of piperazine rings is 1. The molecular weight excluding hydrogens is 252 g/mol. The summed E-state index contributed by atoms with van der Waals surface area (Å²) in [6.45, 7) is 4.86. The summed E-state index contributed by atoms with van der Waals surface area (Å²) in [6.07, 6.45) is 0. The zero-order valence-corrected chi connectivity index (χ0v) is 11.3. The van der Waals surface area contributed by atoms with Crippen LogP contribution in [0.2, 0.25) is 0 Å². The van der Waals surface area contributed by atoms with E-state index in [0.29, 0.717) is 6.04 Å². The molecular formula is C13H19ClN2O2. The van der Waals surface area contributed by atoms with Gasteiger partial charge in [0.15, 0.2) is 11.5 Å². The molecule has 100 valence electrons. The molecule has 0 aliphatic carbocycles. The fourth-order valence-corrected chi connectivity index (χ4v) is 2.58. The van der Waals surface area contributed by atoms with E-state index in [1.165, 1.54) is 5.56 Å². The third-order valence-corrected chi connectivity index (χ3v) is 3.55. The minimum atomic E-state index is 0. The van der Waals surface area contributed by atoms with Gasteiger partial charge < -0.3 is 14.8 Å². The summed E-state index contributed by atoms with van der Waals surface area (Å²) in [6, 6.07) is 6.59. The molecule has 1 unspecified atom stereocenters.